The lowest BCUT2D eigenvalue weighted by Gasteiger charge is -2.03. The molecule has 1 heterocycles. The van der Waals surface area contributed by atoms with E-state index in [0.717, 1.165) is 6.07 Å². The molecular weight excluding hydrogens is 202 g/mol. The van der Waals surface area contributed by atoms with E-state index in [0.29, 0.717) is 6.29 Å². The van der Waals surface area contributed by atoms with E-state index in [1.165, 1.54) is 24.5 Å². The van der Waals surface area contributed by atoms with Crippen molar-refractivity contribution >= 4 is 6.29 Å². The normalized spacial score (nSPS) is 10.3. The Morgan fingerprint density at radius 3 is 2.60 bits per heavy atom. The molecule has 1 aromatic carbocycles. The molecule has 0 spiro atoms. The molecule has 2 nitrogen and oxygen atoms in total. The first-order valence-electron chi connectivity index (χ1n) is 4.21. The number of aldehydes is 1. The third kappa shape index (κ3) is 1.54. The smallest absolute Gasteiger partial charge is 0.170 e. The van der Waals surface area contributed by atoms with E-state index in [2.05, 4.69) is 0 Å². The van der Waals surface area contributed by atoms with E-state index >= 15 is 0 Å². The first kappa shape index (κ1) is 9.58. The topological polar surface area (TPSA) is 30.2 Å². The van der Waals surface area contributed by atoms with Crippen LogP contribution in [0.4, 0.5) is 8.78 Å². The van der Waals surface area contributed by atoms with Crippen molar-refractivity contribution in [3.63, 3.8) is 0 Å². The maximum atomic E-state index is 13.4. The maximum absolute atomic E-state index is 13.4. The number of carbonyl (C=O) groups is 1. The molecule has 4 heteroatoms. The van der Waals surface area contributed by atoms with Gasteiger partial charge in [0.05, 0.1) is 11.8 Å². The van der Waals surface area contributed by atoms with Crippen LogP contribution in [0.15, 0.2) is 34.9 Å². The van der Waals surface area contributed by atoms with Gasteiger partial charge in [-0.15, -0.1) is 0 Å². The summed E-state index contributed by atoms with van der Waals surface area (Å²) in [4.78, 5) is 10.7. The molecule has 0 aliphatic rings. The molecule has 0 aliphatic heterocycles. The van der Waals surface area contributed by atoms with Gasteiger partial charge in [0, 0.05) is 5.56 Å². The molecule has 15 heavy (non-hydrogen) atoms. The lowest BCUT2D eigenvalue weighted by Crippen LogP contribution is -1.94. The van der Waals surface area contributed by atoms with Gasteiger partial charge in [-0.2, -0.15) is 0 Å². The Labute approximate surface area is 84.1 Å². The van der Waals surface area contributed by atoms with Crippen LogP contribution in [0.25, 0.3) is 11.3 Å². The Morgan fingerprint density at radius 1 is 1.20 bits per heavy atom. The van der Waals surface area contributed by atoms with Crippen LogP contribution in [-0.4, -0.2) is 6.29 Å². The molecule has 0 amide bonds. The summed E-state index contributed by atoms with van der Waals surface area (Å²) in [6.45, 7) is 0. The fraction of sp³-hybridized carbons (Fsp3) is 0. The van der Waals surface area contributed by atoms with Crippen molar-refractivity contribution in [3.8, 4) is 11.3 Å². The van der Waals surface area contributed by atoms with Crippen molar-refractivity contribution in [3.05, 3.63) is 47.7 Å². The van der Waals surface area contributed by atoms with Crippen LogP contribution in [0.3, 0.4) is 0 Å². The highest BCUT2D eigenvalue weighted by molar-refractivity contribution is 5.86. The van der Waals surface area contributed by atoms with Gasteiger partial charge in [0.2, 0.25) is 0 Å². The van der Waals surface area contributed by atoms with Crippen LogP contribution in [-0.2, 0) is 0 Å². The van der Waals surface area contributed by atoms with Gasteiger partial charge in [-0.1, -0.05) is 0 Å². The monoisotopic (exact) mass is 208 g/mol. The molecule has 0 aliphatic carbocycles. The van der Waals surface area contributed by atoms with Crippen LogP contribution in [0.5, 0.6) is 0 Å². The van der Waals surface area contributed by atoms with Gasteiger partial charge in [0.25, 0.3) is 0 Å². The van der Waals surface area contributed by atoms with E-state index in [1.807, 2.05) is 0 Å². The highest BCUT2D eigenvalue weighted by Gasteiger charge is 2.16. The average molecular weight is 208 g/mol. The summed E-state index contributed by atoms with van der Waals surface area (Å²) in [5, 5.41) is 0. The van der Waals surface area contributed by atoms with Crippen molar-refractivity contribution in [2.75, 3.05) is 0 Å². The zero-order valence-electron chi connectivity index (χ0n) is 7.54. The fourth-order valence-electron chi connectivity index (χ4n) is 1.34. The van der Waals surface area contributed by atoms with E-state index < -0.39 is 11.6 Å². The molecule has 1 aromatic heterocycles. The molecule has 2 rings (SSSR count). The predicted molar refractivity (Wildman–Crippen MR) is 49.4 cm³/mol. The molecule has 2 aromatic rings. The first-order valence-corrected chi connectivity index (χ1v) is 4.21. The van der Waals surface area contributed by atoms with E-state index in [-0.39, 0.29) is 16.9 Å². The summed E-state index contributed by atoms with van der Waals surface area (Å²) in [5.74, 6) is -1.95. The summed E-state index contributed by atoms with van der Waals surface area (Å²) in [5.41, 5.74) is -0.0844. The quantitative estimate of drug-likeness (QED) is 0.710. The van der Waals surface area contributed by atoms with Crippen molar-refractivity contribution < 1.29 is 18.0 Å². The minimum Gasteiger partial charge on any atom is -0.464 e. The molecule has 0 radical (unpaired) electrons. The SMILES string of the molecule is O=Cc1ccc(F)c(F)c1-c1ccco1. The van der Waals surface area contributed by atoms with Gasteiger partial charge in [0.15, 0.2) is 17.9 Å². The second-order valence-corrected chi connectivity index (χ2v) is 2.92. The number of carbonyl (C=O) groups excluding carboxylic acids is 1. The van der Waals surface area contributed by atoms with E-state index in [1.54, 1.807) is 0 Å². The number of rotatable bonds is 2. The summed E-state index contributed by atoms with van der Waals surface area (Å²) < 4.78 is 31.3. The van der Waals surface area contributed by atoms with E-state index in [4.69, 9.17) is 4.42 Å². The van der Waals surface area contributed by atoms with Gasteiger partial charge < -0.3 is 4.42 Å². The fourth-order valence-corrected chi connectivity index (χ4v) is 1.34. The summed E-state index contributed by atoms with van der Waals surface area (Å²) >= 11 is 0. The highest BCUT2D eigenvalue weighted by atomic mass is 19.2. The van der Waals surface area contributed by atoms with Crippen LogP contribution in [0, 0.1) is 11.6 Å². The second kappa shape index (κ2) is 3.65. The van der Waals surface area contributed by atoms with Gasteiger partial charge in [-0.3, -0.25) is 4.79 Å². The van der Waals surface area contributed by atoms with Crippen LogP contribution in [0.2, 0.25) is 0 Å². The maximum Gasteiger partial charge on any atom is 0.170 e. The van der Waals surface area contributed by atoms with Crippen LogP contribution in [0.1, 0.15) is 10.4 Å². The number of furan rings is 1. The number of halogens is 2. The van der Waals surface area contributed by atoms with Crippen molar-refractivity contribution in [2.45, 2.75) is 0 Å². The van der Waals surface area contributed by atoms with Crippen LogP contribution >= 0.6 is 0 Å². The molecular formula is C11H6F2O2. The third-order valence-corrected chi connectivity index (χ3v) is 2.02. The van der Waals surface area contributed by atoms with Gasteiger partial charge in [0.1, 0.15) is 5.76 Å². The molecule has 0 saturated heterocycles. The van der Waals surface area contributed by atoms with Crippen molar-refractivity contribution in [1.82, 2.24) is 0 Å². The minimum absolute atomic E-state index is 0.0591. The second-order valence-electron chi connectivity index (χ2n) is 2.92. The third-order valence-electron chi connectivity index (χ3n) is 2.02. The summed E-state index contributed by atoms with van der Waals surface area (Å²) in [6.07, 6.45) is 1.79. The largest absolute Gasteiger partial charge is 0.464 e. The summed E-state index contributed by atoms with van der Waals surface area (Å²) in [7, 11) is 0. The van der Waals surface area contributed by atoms with Crippen molar-refractivity contribution in [1.29, 1.82) is 0 Å². The molecule has 0 fully saturated rings. The Hall–Kier alpha value is -1.97. The van der Waals surface area contributed by atoms with Crippen LogP contribution < -0.4 is 0 Å². The van der Waals surface area contributed by atoms with Crippen molar-refractivity contribution in [2.24, 2.45) is 0 Å². The van der Waals surface area contributed by atoms with E-state index in [9.17, 15) is 13.6 Å². The zero-order chi connectivity index (χ0) is 10.8. The first-order chi connectivity index (χ1) is 7.24. The van der Waals surface area contributed by atoms with Gasteiger partial charge in [-0.05, 0) is 24.3 Å². The molecule has 76 valence electrons. The predicted octanol–water partition coefficient (Wildman–Crippen LogP) is 3.04. The molecule has 0 N–H and O–H groups in total. The Balaban J connectivity index is 2.72. The number of hydrogen-bond donors (Lipinski definition) is 0. The van der Waals surface area contributed by atoms with Gasteiger partial charge >= 0.3 is 0 Å². The number of hydrogen-bond acceptors (Lipinski definition) is 2. The lowest BCUT2D eigenvalue weighted by atomic mass is 10.1. The molecule has 0 saturated carbocycles. The highest BCUT2D eigenvalue weighted by Crippen LogP contribution is 2.27. The molecule has 0 unspecified atom stereocenters. The average Bonchev–Trinajstić information content (AvgIpc) is 2.75. The number of benzene rings is 1. The molecule has 0 atom stereocenters. The van der Waals surface area contributed by atoms with Gasteiger partial charge in [-0.25, -0.2) is 8.78 Å². The Kier molecular flexibility index (Phi) is 2.33. The Morgan fingerprint density at radius 2 is 2.00 bits per heavy atom. The minimum atomic E-state index is -1.07. The summed E-state index contributed by atoms with van der Waals surface area (Å²) in [6, 6.07) is 5.12. The standard InChI is InChI=1S/C11H6F2O2/c12-8-4-3-7(6-14)10(11(8)13)9-2-1-5-15-9/h1-6H. The molecule has 0 bridgehead atoms. The Bertz CT molecular complexity index is 490. The zero-order valence-corrected chi connectivity index (χ0v) is 7.54. The lowest BCUT2D eigenvalue weighted by molar-refractivity contribution is 0.112.